The van der Waals surface area contributed by atoms with Gasteiger partial charge in [-0.2, -0.15) is 0 Å². The molecule has 1 aliphatic carbocycles. The van der Waals surface area contributed by atoms with Gasteiger partial charge in [-0.1, -0.05) is 29.8 Å². The van der Waals surface area contributed by atoms with Crippen LogP contribution in [0.25, 0.3) is 0 Å². The average Bonchev–Trinajstić information content (AvgIpc) is 3.12. The lowest BCUT2D eigenvalue weighted by atomic mass is 10.1. The number of benzene rings is 1. The molecular formula is C14H17ClO3. The third-order valence-corrected chi connectivity index (χ3v) is 3.48. The third kappa shape index (κ3) is 3.47. The van der Waals surface area contributed by atoms with Gasteiger partial charge in [0.05, 0.1) is 0 Å². The van der Waals surface area contributed by atoms with E-state index in [9.17, 15) is 9.90 Å². The number of aliphatic hydroxyl groups is 1. The summed E-state index contributed by atoms with van der Waals surface area (Å²) in [7, 11) is 0. The van der Waals surface area contributed by atoms with Crippen molar-refractivity contribution in [2.24, 2.45) is 5.92 Å². The first-order chi connectivity index (χ1) is 8.58. The first kappa shape index (κ1) is 13.4. The molecule has 0 amide bonds. The predicted octanol–water partition coefficient (Wildman–Crippen LogP) is 3.11. The van der Waals surface area contributed by atoms with E-state index in [0.29, 0.717) is 22.9 Å². The zero-order valence-electron chi connectivity index (χ0n) is 10.3. The molecule has 1 aliphatic rings. The Kier molecular flexibility index (Phi) is 4.25. The molecule has 0 aromatic heterocycles. The van der Waals surface area contributed by atoms with Crippen molar-refractivity contribution in [2.75, 3.05) is 0 Å². The molecule has 0 unspecified atom stereocenters. The number of carbonyl (C=O) groups excluding carboxylic acids is 1. The van der Waals surface area contributed by atoms with E-state index in [1.165, 1.54) is 0 Å². The molecule has 0 heterocycles. The van der Waals surface area contributed by atoms with E-state index < -0.39 is 12.2 Å². The monoisotopic (exact) mass is 268 g/mol. The van der Waals surface area contributed by atoms with Crippen molar-refractivity contribution in [1.29, 1.82) is 0 Å². The summed E-state index contributed by atoms with van der Waals surface area (Å²) >= 11 is 5.99. The van der Waals surface area contributed by atoms with Gasteiger partial charge in [0, 0.05) is 17.0 Å². The van der Waals surface area contributed by atoms with Crippen LogP contribution in [0, 0.1) is 5.92 Å². The lowest BCUT2D eigenvalue weighted by Crippen LogP contribution is -2.22. The highest BCUT2D eigenvalue weighted by atomic mass is 35.5. The van der Waals surface area contributed by atoms with Crippen molar-refractivity contribution >= 4 is 17.6 Å². The molecule has 2 atom stereocenters. The average molecular weight is 269 g/mol. The normalized spacial score (nSPS) is 18.2. The number of hydrogen-bond acceptors (Lipinski definition) is 3. The van der Waals surface area contributed by atoms with E-state index in [4.69, 9.17) is 16.3 Å². The zero-order chi connectivity index (χ0) is 13.1. The SMILES string of the molecule is C[C@H](OC(=O)CC1CC1)[C@@H](O)c1ccccc1Cl. The van der Waals surface area contributed by atoms with Crippen LogP contribution in [-0.2, 0) is 9.53 Å². The van der Waals surface area contributed by atoms with Gasteiger partial charge < -0.3 is 9.84 Å². The minimum absolute atomic E-state index is 0.240. The van der Waals surface area contributed by atoms with Crippen LogP contribution in [0.15, 0.2) is 24.3 Å². The van der Waals surface area contributed by atoms with Crippen molar-refractivity contribution in [3.63, 3.8) is 0 Å². The van der Waals surface area contributed by atoms with Crippen molar-refractivity contribution in [2.45, 2.75) is 38.4 Å². The molecule has 1 saturated carbocycles. The predicted molar refractivity (Wildman–Crippen MR) is 69.3 cm³/mol. The molecule has 2 rings (SSSR count). The van der Waals surface area contributed by atoms with Crippen molar-refractivity contribution in [3.05, 3.63) is 34.9 Å². The molecule has 0 saturated heterocycles. The van der Waals surface area contributed by atoms with Gasteiger partial charge in [-0.15, -0.1) is 0 Å². The van der Waals surface area contributed by atoms with E-state index in [1.807, 2.05) is 0 Å². The van der Waals surface area contributed by atoms with Crippen molar-refractivity contribution in [1.82, 2.24) is 0 Å². The maximum atomic E-state index is 11.6. The number of hydrogen-bond donors (Lipinski definition) is 1. The standard InChI is InChI=1S/C14H17ClO3/c1-9(18-13(16)8-10-6-7-10)14(17)11-4-2-3-5-12(11)15/h2-5,9-10,14,17H,6-8H2,1H3/t9-,14+/m0/s1. The molecule has 3 nitrogen and oxygen atoms in total. The van der Waals surface area contributed by atoms with Crippen LogP contribution in [0.5, 0.6) is 0 Å². The molecule has 0 spiro atoms. The van der Waals surface area contributed by atoms with Crippen LogP contribution >= 0.6 is 11.6 Å². The highest BCUT2D eigenvalue weighted by molar-refractivity contribution is 6.31. The van der Waals surface area contributed by atoms with Gasteiger partial charge in [0.2, 0.25) is 0 Å². The van der Waals surface area contributed by atoms with Crippen LogP contribution in [0.1, 0.15) is 37.9 Å². The number of ether oxygens (including phenoxy) is 1. The van der Waals surface area contributed by atoms with Gasteiger partial charge in [-0.3, -0.25) is 4.79 Å². The fourth-order valence-electron chi connectivity index (χ4n) is 1.85. The second kappa shape index (κ2) is 5.72. The lowest BCUT2D eigenvalue weighted by molar-refractivity contribution is -0.154. The van der Waals surface area contributed by atoms with Crippen molar-refractivity contribution < 1.29 is 14.6 Å². The summed E-state index contributed by atoms with van der Waals surface area (Å²) in [6, 6.07) is 7.03. The number of halogens is 1. The number of esters is 1. The number of rotatable bonds is 5. The Balaban J connectivity index is 1.93. The second-order valence-corrected chi connectivity index (χ2v) is 5.22. The van der Waals surface area contributed by atoms with E-state index in [-0.39, 0.29) is 5.97 Å². The lowest BCUT2D eigenvalue weighted by Gasteiger charge is -2.20. The fourth-order valence-corrected chi connectivity index (χ4v) is 2.09. The fraction of sp³-hybridized carbons (Fsp3) is 0.500. The molecule has 1 aromatic rings. The van der Waals surface area contributed by atoms with Crippen LogP contribution in [0.2, 0.25) is 5.02 Å². The minimum atomic E-state index is -0.887. The summed E-state index contributed by atoms with van der Waals surface area (Å²) in [5.74, 6) is 0.248. The van der Waals surface area contributed by atoms with Crippen LogP contribution in [0.3, 0.4) is 0 Å². The highest BCUT2D eigenvalue weighted by Crippen LogP contribution is 2.33. The van der Waals surface area contributed by atoms with Gasteiger partial charge in [0.25, 0.3) is 0 Å². The molecule has 0 radical (unpaired) electrons. The molecule has 4 heteroatoms. The van der Waals surface area contributed by atoms with Crippen LogP contribution in [-0.4, -0.2) is 17.2 Å². The molecule has 0 bridgehead atoms. The van der Waals surface area contributed by atoms with Gasteiger partial charge in [-0.25, -0.2) is 0 Å². The Morgan fingerprint density at radius 1 is 1.50 bits per heavy atom. The maximum absolute atomic E-state index is 11.6. The molecule has 98 valence electrons. The highest BCUT2D eigenvalue weighted by Gasteiger charge is 2.28. The summed E-state index contributed by atoms with van der Waals surface area (Å²) in [4.78, 5) is 11.6. The van der Waals surface area contributed by atoms with Gasteiger partial charge in [0.1, 0.15) is 12.2 Å². The number of aliphatic hydroxyl groups excluding tert-OH is 1. The van der Waals surface area contributed by atoms with Crippen molar-refractivity contribution in [3.8, 4) is 0 Å². The van der Waals surface area contributed by atoms with E-state index in [2.05, 4.69) is 0 Å². The summed E-state index contributed by atoms with van der Waals surface area (Å²) in [6.07, 6.45) is 1.20. The largest absolute Gasteiger partial charge is 0.460 e. The van der Waals surface area contributed by atoms with E-state index in [1.54, 1.807) is 31.2 Å². The Hall–Kier alpha value is -1.06. The minimum Gasteiger partial charge on any atom is -0.460 e. The Labute approximate surface area is 112 Å². The van der Waals surface area contributed by atoms with Crippen LogP contribution in [0.4, 0.5) is 0 Å². The molecule has 0 aliphatic heterocycles. The van der Waals surface area contributed by atoms with E-state index >= 15 is 0 Å². The summed E-state index contributed by atoms with van der Waals surface area (Å²) in [5, 5.41) is 10.6. The zero-order valence-corrected chi connectivity index (χ0v) is 11.1. The maximum Gasteiger partial charge on any atom is 0.306 e. The third-order valence-electron chi connectivity index (χ3n) is 3.14. The molecule has 1 N–H and O–H groups in total. The molecule has 1 aromatic carbocycles. The first-order valence-electron chi connectivity index (χ1n) is 6.20. The number of carbonyl (C=O) groups is 1. The van der Waals surface area contributed by atoms with Crippen LogP contribution < -0.4 is 0 Å². The topological polar surface area (TPSA) is 46.5 Å². The van der Waals surface area contributed by atoms with Gasteiger partial charge in [-0.05, 0) is 31.7 Å². The quantitative estimate of drug-likeness (QED) is 0.835. The van der Waals surface area contributed by atoms with E-state index in [0.717, 1.165) is 12.8 Å². The smallest absolute Gasteiger partial charge is 0.306 e. The van der Waals surface area contributed by atoms with Gasteiger partial charge >= 0.3 is 5.97 Å². The second-order valence-electron chi connectivity index (χ2n) is 4.81. The molecule has 18 heavy (non-hydrogen) atoms. The summed E-state index contributed by atoms with van der Waals surface area (Å²) in [5.41, 5.74) is 0.589. The summed E-state index contributed by atoms with van der Waals surface area (Å²) in [6.45, 7) is 1.68. The molecular weight excluding hydrogens is 252 g/mol. The Morgan fingerprint density at radius 3 is 2.78 bits per heavy atom. The first-order valence-corrected chi connectivity index (χ1v) is 6.57. The summed E-state index contributed by atoms with van der Waals surface area (Å²) < 4.78 is 5.22. The van der Waals surface area contributed by atoms with Gasteiger partial charge in [0.15, 0.2) is 0 Å². The Bertz CT molecular complexity index is 429. The molecule has 1 fully saturated rings. The Morgan fingerprint density at radius 2 is 2.17 bits per heavy atom.